The Morgan fingerprint density at radius 2 is 1.81 bits per heavy atom. The molecule has 6 heteroatoms. The van der Waals surface area contributed by atoms with Crippen LogP contribution in [0.2, 0.25) is 0 Å². The van der Waals surface area contributed by atoms with Crippen molar-refractivity contribution >= 4 is 18.1 Å². The molecule has 0 aromatic heterocycles. The molecule has 0 heterocycles. The van der Waals surface area contributed by atoms with Crippen molar-refractivity contribution < 1.29 is 9.66 Å². The average Bonchev–Trinajstić information content (AvgIpc) is 2.45. The molecule has 0 atom stereocenters. The fourth-order valence-electron chi connectivity index (χ4n) is 2.29. The lowest BCUT2D eigenvalue weighted by molar-refractivity contribution is -0.385. The van der Waals surface area contributed by atoms with Gasteiger partial charge in [-0.25, -0.2) is 0 Å². The van der Waals surface area contributed by atoms with Crippen LogP contribution in [0.3, 0.4) is 0 Å². The molecule has 0 saturated heterocycles. The highest BCUT2D eigenvalue weighted by atomic mass is 35.5. The summed E-state index contributed by atoms with van der Waals surface area (Å²) >= 11 is 0. The molecule has 120 valence electrons. The standard InChI is InChI=1S/C15H24N2O3.ClH/c1-4-9-16(10-5-2)11-8-13-6-7-15(20-3)14(12-13)17(18)19;/h6-7,12H,4-5,8-11H2,1-3H3;1H. The van der Waals surface area contributed by atoms with Gasteiger partial charge < -0.3 is 9.64 Å². The van der Waals surface area contributed by atoms with Gasteiger partial charge in [-0.1, -0.05) is 19.9 Å². The fraction of sp³-hybridized carbons (Fsp3) is 0.600. The highest BCUT2D eigenvalue weighted by molar-refractivity contribution is 5.85. The van der Waals surface area contributed by atoms with Crippen molar-refractivity contribution in [3.8, 4) is 5.75 Å². The summed E-state index contributed by atoms with van der Waals surface area (Å²) in [6, 6.07) is 5.20. The number of halogens is 1. The first-order valence-electron chi connectivity index (χ1n) is 7.16. The largest absolute Gasteiger partial charge is 0.490 e. The Bertz CT molecular complexity index is 435. The monoisotopic (exact) mass is 316 g/mol. The second kappa shape index (κ2) is 10.4. The SMILES string of the molecule is CCCN(CCC)CCc1ccc(OC)c([N+](=O)[O-])c1.Cl. The van der Waals surface area contributed by atoms with E-state index in [0.717, 1.165) is 44.5 Å². The van der Waals surface area contributed by atoms with E-state index in [9.17, 15) is 10.1 Å². The third kappa shape index (κ3) is 6.31. The molecule has 1 aromatic carbocycles. The lowest BCUT2D eigenvalue weighted by Crippen LogP contribution is -2.27. The normalized spacial score (nSPS) is 10.3. The first kappa shape index (κ1) is 19.7. The minimum absolute atomic E-state index is 0. The fourth-order valence-corrected chi connectivity index (χ4v) is 2.29. The average molecular weight is 317 g/mol. The first-order chi connectivity index (χ1) is 9.62. The molecule has 0 radical (unpaired) electrons. The first-order valence-corrected chi connectivity index (χ1v) is 7.16. The van der Waals surface area contributed by atoms with Crippen LogP contribution in [0.25, 0.3) is 0 Å². The van der Waals surface area contributed by atoms with E-state index in [2.05, 4.69) is 18.7 Å². The van der Waals surface area contributed by atoms with Gasteiger partial charge in [-0.3, -0.25) is 10.1 Å². The highest BCUT2D eigenvalue weighted by Crippen LogP contribution is 2.27. The van der Waals surface area contributed by atoms with Crippen molar-refractivity contribution in [3.05, 3.63) is 33.9 Å². The van der Waals surface area contributed by atoms with Crippen molar-refractivity contribution in [2.24, 2.45) is 0 Å². The van der Waals surface area contributed by atoms with Crippen LogP contribution in [0.4, 0.5) is 5.69 Å². The summed E-state index contributed by atoms with van der Waals surface area (Å²) in [5, 5.41) is 11.0. The van der Waals surface area contributed by atoms with Crippen molar-refractivity contribution in [2.75, 3.05) is 26.7 Å². The van der Waals surface area contributed by atoms with Crippen LogP contribution < -0.4 is 4.74 Å². The van der Waals surface area contributed by atoms with Gasteiger partial charge in [0.15, 0.2) is 5.75 Å². The molecule has 0 spiro atoms. The van der Waals surface area contributed by atoms with Gasteiger partial charge in [0.05, 0.1) is 12.0 Å². The number of hydrogen-bond donors (Lipinski definition) is 0. The molecule has 21 heavy (non-hydrogen) atoms. The minimum atomic E-state index is -0.391. The zero-order valence-electron chi connectivity index (χ0n) is 13.0. The van der Waals surface area contributed by atoms with Gasteiger partial charge in [-0.2, -0.15) is 0 Å². The van der Waals surface area contributed by atoms with Gasteiger partial charge in [-0.05, 0) is 44.0 Å². The third-order valence-electron chi connectivity index (χ3n) is 3.24. The smallest absolute Gasteiger partial charge is 0.311 e. The summed E-state index contributed by atoms with van der Waals surface area (Å²) < 4.78 is 5.01. The Morgan fingerprint density at radius 1 is 1.19 bits per heavy atom. The summed E-state index contributed by atoms with van der Waals surface area (Å²) in [5.74, 6) is 0.317. The highest BCUT2D eigenvalue weighted by Gasteiger charge is 2.15. The van der Waals surface area contributed by atoms with Crippen LogP contribution in [0.15, 0.2) is 18.2 Å². The Kier molecular flexibility index (Phi) is 9.75. The molecule has 0 fully saturated rings. The minimum Gasteiger partial charge on any atom is -0.490 e. The molecule has 0 aliphatic heterocycles. The van der Waals surface area contributed by atoms with Crippen molar-refractivity contribution in [2.45, 2.75) is 33.1 Å². The Morgan fingerprint density at radius 3 is 2.29 bits per heavy atom. The maximum absolute atomic E-state index is 11.0. The molecular weight excluding hydrogens is 292 g/mol. The number of nitro groups is 1. The van der Waals surface area contributed by atoms with Crippen molar-refractivity contribution in [1.29, 1.82) is 0 Å². The van der Waals surface area contributed by atoms with Crippen LogP contribution in [0, 0.1) is 10.1 Å². The molecule has 5 nitrogen and oxygen atoms in total. The van der Waals surface area contributed by atoms with Gasteiger partial charge >= 0.3 is 5.69 Å². The van der Waals surface area contributed by atoms with Crippen LogP contribution >= 0.6 is 12.4 Å². The molecule has 0 bridgehead atoms. The predicted octanol–water partition coefficient (Wildman–Crippen LogP) is 3.69. The Balaban J connectivity index is 0.00000400. The zero-order valence-corrected chi connectivity index (χ0v) is 13.8. The molecule has 0 saturated carbocycles. The lowest BCUT2D eigenvalue weighted by atomic mass is 10.1. The molecule has 0 amide bonds. The maximum Gasteiger partial charge on any atom is 0.311 e. The molecule has 0 aliphatic carbocycles. The number of hydrogen-bond acceptors (Lipinski definition) is 4. The van der Waals surface area contributed by atoms with Gasteiger partial charge in [0.2, 0.25) is 0 Å². The predicted molar refractivity (Wildman–Crippen MR) is 87.6 cm³/mol. The summed E-state index contributed by atoms with van der Waals surface area (Å²) in [4.78, 5) is 13.0. The Hall–Kier alpha value is -1.33. The number of ether oxygens (including phenoxy) is 1. The number of benzene rings is 1. The van der Waals surface area contributed by atoms with Gasteiger partial charge in [-0.15, -0.1) is 12.4 Å². The van der Waals surface area contributed by atoms with E-state index in [1.54, 1.807) is 12.1 Å². The number of methoxy groups -OCH3 is 1. The molecule has 0 unspecified atom stereocenters. The van der Waals surface area contributed by atoms with E-state index < -0.39 is 4.92 Å². The Labute approximate surface area is 132 Å². The number of nitrogens with zero attached hydrogens (tertiary/aromatic N) is 2. The van der Waals surface area contributed by atoms with E-state index in [1.807, 2.05) is 6.07 Å². The molecule has 1 rings (SSSR count). The summed E-state index contributed by atoms with van der Waals surface area (Å²) in [6.07, 6.45) is 3.08. The topological polar surface area (TPSA) is 55.6 Å². The summed E-state index contributed by atoms with van der Waals surface area (Å²) in [5.41, 5.74) is 1.03. The van der Waals surface area contributed by atoms with E-state index in [-0.39, 0.29) is 18.1 Å². The number of nitro benzene ring substituents is 1. The van der Waals surface area contributed by atoms with Gasteiger partial charge in [0, 0.05) is 12.6 Å². The summed E-state index contributed by atoms with van der Waals surface area (Å²) in [6.45, 7) is 7.42. The lowest BCUT2D eigenvalue weighted by Gasteiger charge is -2.20. The zero-order chi connectivity index (χ0) is 15.0. The van der Waals surface area contributed by atoms with Gasteiger partial charge in [0.1, 0.15) is 0 Å². The molecule has 1 aromatic rings. The molecular formula is C15H25ClN2O3. The molecule has 0 aliphatic rings. The quantitative estimate of drug-likeness (QED) is 0.515. The van der Waals surface area contributed by atoms with E-state index in [0.29, 0.717) is 5.75 Å². The third-order valence-corrected chi connectivity index (χ3v) is 3.24. The summed E-state index contributed by atoms with van der Waals surface area (Å²) in [7, 11) is 1.45. The van der Waals surface area contributed by atoms with Crippen LogP contribution in [0.5, 0.6) is 5.75 Å². The number of rotatable bonds is 9. The van der Waals surface area contributed by atoms with Crippen molar-refractivity contribution in [1.82, 2.24) is 4.90 Å². The second-order valence-electron chi connectivity index (χ2n) is 4.85. The maximum atomic E-state index is 11.0. The van der Waals surface area contributed by atoms with Crippen molar-refractivity contribution in [3.63, 3.8) is 0 Å². The van der Waals surface area contributed by atoms with E-state index in [4.69, 9.17) is 4.74 Å². The van der Waals surface area contributed by atoms with Gasteiger partial charge in [0.25, 0.3) is 0 Å². The second-order valence-corrected chi connectivity index (χ2v) is 4.85. The van der Waals surface area contributed by atoms with Crippen LogP contribution in [0.1, 0.15) is 32.3 Å². The van der Waals surface area contributed by atoms with Crippen LogP contribution in [-0.2, 0) is 6.42 Å². The van der Waals surface area contributed by atoms with E-state index in [1.165, 1.54) is 7.11 Å². The molecule has 0 N–H and O–H groups in total. The van der Waals surface area contributed by atoms with Crippen LogP contribution in [-0.4, -0.2) is 36.6 Å². The van der Waals surface area contributed by atoms with E-state index >= 15 is 0 Å².